The highest BCUT2D eigenvalue weighted by molar-refractivity contribution is 6.46. The molecule has 1 unspecified atom stereocenters. The van der Waals surface area contributed by atoms with Crippen LogP contribution in [0.25, 0.3) is 5.76 Å². The van der Waals surface area contributed by atoms with Gasteiger partial charge < -0.3 is 33.7 Å². The van der Waals surface area contributed by atoms with E-state index in [-0.39, 0.29) is 24.5 Å². The SMILES string of the molecule is CCOc1ccc(C(O)=C2C(=O)C(=O)N(CCOC)C2c2cc(OC)c(OC)c(OC)c2)cc1. The molecule has 1 heterocycles. The number of hydrogen-bond donors (Lipinski definition) is 1. The number of rotatable bonds is 10. The lowest BCUT2D eigenvalue weighted by molar-refractivity contribution is -0.140. The molecular weight excluding hydrogens is 442 g/mol. The number of carbonyl (C=O) groups is 2. The second kappa shape index (κ2) is 10.9. The molecule has 1 atom stereocenters. The van der Waals surface area contributed by atoms with Gasteiger partial charge in [0.15, 0.2) is 11.5 Å². The molecule has 1 aliphatic heterocycles. The lowest BCUT2D eigenvalue weighted by atomic mass is 9.94. The number of ketones is 1. The Balaban J connectivity index is 2.21. The fourth-order valence-electron chi connectivity index (χ4n) is 3.94. The molecule has 1 fully saturated rings. The van der Waals surface area contributed by atoms with Crippen LogP contribution in [0.4, 0.5) is 0 Å². The van der Waals surface area contributed by atoms with Crippen LogP contribution < -0.4 is 18.9 Å². The van der Waals surface area contributed by atoms with E-state index in [1.54, 1.807) is 36.4 Å². The van der Waals surface area contributed by atoms with E-state index in [1.165, 1.54) is 33.3 Å². The summed E-state index contributed by atoms with van der Waals surface area (Å²) in [5.74, 6) is -0.107. The molecule has 2 aromatic carbocycles. The average molecular weight is 472 g/mol. The molecule has 0 spiro atoms. The third-order valence-electron chi connectivity index (χ3n) is 5.52. The first-order valence-corrected chi connectivity index (χ1v) is 10.7. The van der Waals surface area contributed by atoms with Gasteiger partial charge in [-0.1, -0.05) is 0 Å². The topological polar surface area (TPSA) is 104 Å². The number of ether oxygens (including phenoxy) is 5. The predicted octanol–water partition coefficient (Wildman–Crippen LogP) is 3.18. The molecule has 182 valence electrons. The maximum absolute atomic E-state index is 13.1. The number of carbonyl (C=O) groups excluding carboxylic acids is 2. The summed E-state index contributed by atoms with van der Waals surface area (Å²) in [7, 11) is 5.94. The van der Waals surface area contributed by atoms with Gasteiger partial charge in [0.2, 0.25) is 5.75 Å². The smallest absolute Gasteiger partial charge is 0.295 e. The second-order valence-corrected chi connectivity index (χ2v) is 7.40. The number of aliphatic hydroxyl groups excluding tert-OH is 1. The van der Waals surface area contributed by atoms with Crippen LogP contribution in [0.3, 0.4) is 0 Å². The van der Waals surface area contributed by atoms with Gasteiger partial charge in [-0.05, 0) is 48.9 Å². The minimum Gasteiger partial charge on any atom is -0.507 e. The van der Waals surface area contributed by atoms with Crippen LogP contribution in [0.2, 0.25) is 0 Å². The Hall–Kier alpha value is -3.72. The summed E-state index contributed by atoms with van der Waals surface area (Å²) in [6.45, 7) is 2.71. The summed E-state index contributed by atoms with van der Waals surface area (Å²) >= 11 is 0. The zero-order valence-electron chi connectivity index (χ0n) is 19.9. The molecule has 9 heteroatoms. The third-order valence-corrected chi connectivity index (χ3v) is 5.52. The van der Waals surface area contributed by atoms with E-state index >= 15 is 0 Å². The van der Waals surface area contributed by atoms with Crippen LogP contribution in [-0.2, 0) is 14.3 Å². The van der Waals surface area contributed by atoms with Crippen LogP contribution in [0.5, 0.6) is 23.0 Å². The van der Waals surface area contributed by atoms with E-state index in [2.05, 4.69) is 0 Å². The number of likely N-dealkylation sites (tertiary alicyclic amines) is 1. The largest absolute Gasteiger partial charge is 0.507 e. The Kier molecular flexibility index (Phi) is 8.01. The minimum absolute atomic E-state index is 0.0421. The summed E-state index contributed by atoms with van der Waals surface area (Å²) in [6.07, 6.45) is 0. The Labute approximate surface area is 198 Å². The molecule has 1 amide bonds. The summed E-state index contributed by atoms with van der Waals surface area (Å²) in [6, 6.07) is 9.06. The van der Waals surface area contributed by atoms with Gasteiger partial charge in [0.25, 0.3) is 11.7 Å². The van der Waals surface area contributed by atoms with Crippen LogP contribution in [-0.4, -0.2) is 69.9 Å². The predicted molar refractivity (Wildman–Crippen MR) is 125 cm³/mol. The number of nitrogens with zero attached hydrogens (tertiary/aromatic N) is 1. The quantitative estimate of drug-likeness (QED) is 0.320. The van der Waals surface area contributed by atoms with Gasteiger partial charge in [0, 0.05) is 19.2 Å². The van der Waals surface area contributed by atoms with Gasteiger partial charge >= 0.3 is 0 Å². The number of benzene rings is 2. The van der Waals surface area contributed by atoms with Crippen molar-refractivity contribution in [3.8, 4) is 23.0 Å². The second-order valence-electron chi connectivity index (χ2n) is 7.40. The minimum atomic E-state index is -0.893. The van der Waals surface area contributed by atoms with Gasteiger partial charge in [0.1, 0.15) is 11.5 Å². The molecule has 1 saturated heterocycles. The molecule has 1 aliphatic rings. The highest BCUT2D eigenvalue weighted by atomic mass is 16.5. The normalized spacial score (nSPS) is 17.1. The van der Waals surface area contributed by atoms with E-state index in [1.807, 2.05) is 6.92 Å². The van der Waals surface area contributed by atoms with Crippen molar-refractivity contribution in [3.05, 3.63) is 53.1 Å². The maximum Gasteiger partial charge on any atom is 0.295 e. The molecule has 34 heavy (non-hydrogen) atoms. The van der Waals surface area contributed by atoms with Crippen molar-refractivity contribution >= 4 is 17.4 Å². The molecule has 0 aliphatic carbocycles. The molecule has 0 bridgehead atoms. The molecule has 3 rings (SSSR count). The van der Waals surface area contributed by atoms with Gasteiger partial charge in [-0.2, -0.15) is 0 Å². The van der Waals surface area contributed by atoms with E-state index in [0.29, 0.717) is 40.7 Å². The van der Waals surface area contributed by atoms with Crippen molar-refractivity contribution in [2.75, 3.05) is 48.2 Å². The molecule has 2 aromatic rings. The van der Waals surface area contributed by atoms with Gasteiger partial charge in [-0.15, -0.1) is 0 Å². The van der Waals surface area contributed by atoms with Crippen LogP contribution in [0.15, 0.2) is 42.0 Å². The molecule has 1 N–H and O–H groups in total. The van der Waals surface area contributed by atoms with Gasteiger partial charge in [-0.3, -0.25) is 9.59 Å². The maximum atomic E-state index is 13.1. The summed E-state index contributed by atoms with van der Waals surface area (Å²) in [5, 5.41) is 11.2. The standard InChI is InChI=1S/C25H29NO8/c1-6-34-17-9-7-15(8-10-17)22(27)20-21(26(11-12-30-2)25(29)23(20)28)16-13-18(31-3)24(33-5)19(14-16)32-4/h7-10,13-14,21,27H,6,11-12H2,1-5H3. The summed E-state index contributed by atoms with van der Waals surface area (Å²) in [4.78, 5) is 27.5. The van der Waals surface area contributed by atoms with E-state index in [4.69, 9.17) is 23.7 Å². The fraction of sp³-hybridized carbons (Fsp3) is 0.360. The molecule has 0 saturated carbocycles. The van der Waals surface area contributed by atoms with Crippen molar-refractivity contribution in [2.45, 2.75) is 13.0 Å². The molecule has 0 aromatic heterocycles. The van der Waals surface area contributed by atoms with E-state index in [9.17, 15) is 14.7 Å². The monoisotopic (exact) mass is 471 g/mol. The van der Waals surface area contributed by atoms with E-state index in [0.717, 1.165) is 0 Å². The Morgan fingerprint density at radius 3 is 2.09 bits per heavy atom. The highest BCUT2D eigenvalue weighted by Gasteiger charge is 2.46. The zero-order valence-corrected chi connectivity index (χ0v) is 19.9. The third kappa shape index (κ3) is 4.65. The van der Waals surface area contributed by atoms with Crippen molar-refractivity contribution < 1.29 is 38.4 Å². The number of amides is 1. The number of methoxy groups -OCH3 is 4. The molecule has 0 radical (unpaired) electrons. The van der Waals surface area contributed by atoms with Crippen LogP contribution in [0.1, 0.15) is 24.1 Å². The first-order valence-electron chi connectivity index (χ1n) is 10.7. The number of hydrogen-bond acceptors (Lipinski definition) is 8. The Bertz CT molecular complexity index is 1050. The number of aliphatic hydroxyl groups is 1. The Morgan fingerprint density at radius 1 is 0.971 bits per heavy atom. The van der Waals surface area contributed by atoms with Gasteiger partial charge in [0.05, 0.1) is 46.2 Å². The first kappa shape index (κ1) is 24.9. The fourth-order valence-corrected chi connectivity index (χ4v) is 3.94. The first-order chi connectivity index (χ1) is 16.4. The van der Waals surface area contributed by atoms with Gasteiger partial charge in [-0.25, -0.2) is 0 Å². The Morgan fingerprint density at radius 2 is 1.59 bits per heavy atom. The van der Waals surface area contributed by atoms with Crippen molar-refractivity contribution in [3.63, 3.8) is 0 Å². The summed E-state index contributed by atoms with van der Waals surface area (Å²) < 4.78 is 26.9. The van der Waals surface area contributed by atoms with Crippen LogP contribution >= 0.6 is 0 Å². The van der Waals surface area contributed by atoms with Crippen molar-refractivity contribution in [1.82, 2.24) is 4.90 Å². The molecule has 9 nitrogen and oxygen atoms in total. The molecular formula is C25H29NO8. The highest BCUT2D eigenvalue weighted by Crippen LogP contribution is 2.45. The average Bonchev–Trinajstić information content (AvgIpc) is 3.11. The van der Waals surface area contributed by atoms with E-state index < -0.39 is 17.7 Å². The number of Topliss-reactive ketones (excluding diaryl/α,β-unsaturated/α-hetero) is 1. The van der Waals surface area contributed by atoms with Crippen molar-refractivity contribution in [1.29, 1.82) is 0 Å². The van der Waals surface area contributed by atoms with Crippen molar-refractivity contribution in [2.24, 2.45) is 0 Å². The lowest BCUT2D eigenvalue weighted by Crippen LogP contribution is -2.32. The zero-order chi connectivity index (χ0) is 24.8. The van der Waals surface area contributed by atoms with Crippen LogP contribution in [0, 0.1) is 0 Å². The lowest BCUT2D eigenvalue weighted by Gasteiger charge is -2.26. The summed E-state index contributed by atoms with van der Waals surface area (Å²) in [5.41, 5.74) is 0.850.